The maximum atomic E-state index is 12.0. The molecule has 1 aromatic rings. The Bertz CT molecular complexity index is 562. The van der Waals surface area contributed by atoms with Gasteiger partial charge in [-0.3, -0.25) is 0 Å². The number of nitrogens with one attached hydrogen (secondary N) is 1. The van der Waals surface area contributed by atoms with E-state index in [0.29, 0.717) is 30.9 Å². The van der Waals surface area contributed by atoms with Crippen LogP contribution >= 0.6 is 0 Å². The van der Waals surface area contributed by atoms with E-state index in [1.165, 1.54) is 0 Å². The molecule has 0 spiro atoms. The molecule has 0 aromatic heterocycles. The predicted octanol–water partition coefficient (Wildman–Crippen LogP) is 1.13. The first-order valence-electron chi connectivity index (χ1n) is 7.04. The van der Waals surface area contributed by atoms with Crippen LogP contribution in [0.2, 0.25) is 0 Å². The fourth-order valence-electron chi connectivity index (χ4n) is 2.29. The summed E-state index contributed by atoms with van der Waals surface area (Å²) in [5.41, 5.74) is 6.22. The summed E-state index contributed by atoms with van der Waals surface area (Å²) in [7, 11) is -3.35. The van der Waals surface area contributed by atoms with Crippen molar-refractivity contribution in [2.24, 2.45) is 0 Å². The topological polar surface area (TPSA) is 90.7 Å². The normalized spacial score (nSPS) is 22.9. The molecule has 1 aliphatic heterocycles. The molecule has 1 saturated heterocycles. The highest BCUT2D eigenvalue weighted by Crippen LogP contribution is 2.15. The lowest BCUT2D eigenvalue weighted by atomic mass is 10.1. The highest BCUT2D eigenvalue weighted by atomic mass is 32.2. The van der Waals surface area contributed by atoms with Crippen LogP contribution in [0.25, 0.3) is 0 Å². The number of benzene rings is 1. The fraction of sp³-hybridized carbons (Fsp3) is 0.571. The minimum absolute atomic E-state index is 0.0499. The summed E-state index contributed by atoms with van der Waals surface area (Å²) in [6, 6.07) is 6.88. The van der Waals surface area contributed by atoms with Crippen LogP contribution in [0.4, 0.5) is 5.69 Å². The third kappa shape index (κ3) is 5.53. The lowest BCUT2D eigenvalue weighted by molar-refractivity contribution is 0.0173. The van der Waals surface area contributed by atoms with Gasteiger partial charge in [0, 0.05) is 24.4 Å². The molecular weight excluding hydrogens is 292 g/mol. The molecule has 21 heavy (non-hydrogen) atoms. The average molecular weight is 314 g/mol. The van der Waals surface area contributed by atoms with E-state index in [2.05, 4.69) is 4.72 Å². The molecule has 6 nitrogen and oxygen atoms in total. The predicted molar refractivity (Wildman–Crippen MR) is 81.7 cm³/mol. The van der Waals surface area contributed by atoms with E-state index < -0.39 is 10.0 Å². The van der Waals surface area contributed by atoms with Crippen LogP contribution in [-0.4, -0.2) is 39.5 Å². The minimum Gasteiger partial charge on any atom is -0.492 e. The summed E-state index contributed by atoms with van der Waals surface area (Å²) in [5.74, 6) is 0.498. The van der Waals surface area contributed by atoms with Gasteiger partial charge in [-0.2, -0.15) is 0 Å². The first kappa shape index (κ1) is 16.1. The molecule has 0 saturated carbocycles. The zero-order valence-electron chi connectivity index (χ0n) is 12.1. The lowest BCUT2D eigenvalue weighted by Gasteiger charge is -2.27. The van der Waals surface area contributed by atoms with Gasteiger partial charge in [0.05, 0.1) is 11.9 Å². The third-order valence-corrected chi connectivity index (χ3v) is 4.71. The Morgan fingerprint density at radius 1 is 1.48 bits per heavy atom. The molecule has 3 N–H and O–H groups in total. The number of hydrogen-bond donors (Lipinski definition) is 2. The molecule has 1 aromatic carbocycles. The zero-order chi connectivity index (χ0) is 15.3. The van der Waals surface area contributed by atoms with Gasteiger partial charge in [-0.25, -0.2) is 13.1 Å². The van der Waals surface area contributed by atoms with Crippen LogP contribution in [0, 0.1) is 0 Å². The van der Waals surface area contributed by atoms with E-state index in [0.717, 1.165) is 0 Å². The molecule has 0 radical (unpaired) electrons. The maximum Gasteiger partial charge on any atom is 0.215 e. The van der Waals surface area contributed by atoms with Crippen molar-refractivity contribution < 1.29 is 17.9 Å². The second kappa shape index (κ2) is 7.11. The summed E-state index contributed by atoms with van der Waals surface area (Å²) < 4.78 is 37.5. The van der Waals surface area contributed by atoms with Gasteiger partial charge in [0.2, 0.25) is 10.0 Å². The Morgan fingerprint density at radius 2 is 2.29 bits per heavy atom. The molecular formula is C14H22N2O4S. The second-order valence-electron chi connectivity index (χ2n) is 5.26. The Kier molecular flexibility index (Phi) is 5.44. The average Bonchev–Trinajstić information content (AvgIpc) is 2.38. The highest BCUT2D eigenvalue weighted by molar-refractivity contribution is 7.89. The van der Waals surface area contributed by atoms with Crippen molar-refractivity contribution in [2.75, 3.05) is 24.7 Å². The Labute approximate surface area is 125 Å². The molecule has 1 heterocycles. The number of sulfonamides is 1. The van der Waals surface area contributed by atoms with Crippen LogP contribution in [0.1, 0.15) is 19.8 Å². The molecule has 0 bridgehead atoms. The molecule has 2 unspecified atom stereocenters. The van der Waals surface area contributed by atoms with E-state index in [-0.39, 0.29) is 24.5 Å². The van der Waals surface area contributed by atoms with Crippen molar-refractivity contribution >= 4 is 15.7 Å². The van der Waals surface area contributed by atoms with E-state index in [4.69, 9.17) is 15.2 Å². The second-order valence-corrected chi connectivity index (χ2v) is 7.13. The molecule has 118 valence electrons. The smallest absolute Gasteiger partial charge is 0.215 e. The number of rotatable bonds is 6. The summed E-state index contributed by atoms with van der Waals surface area (Å²) in [6.45, 7) is 2.63. The van der Waals surface area contributed by atoms with Crippen LogP contribution < -0.4 is 15.2 Å². The Hall–Kier alpha value is -1.31. The molecule has 2 atom stereocenters. The summed E-state index contributed by atoms with van der Waals surface area (Å²) >= 11 is 0. The molecule has 7 heteroatoms. The van der Waals surface area contributed by atoms with Gasteiger partial charge in [0.25, 0.3) is 0 Å². The van der Waals surface area contributed by atoms with E-state index in [9.17, 15) is 8.42 Å². The van der Waals surface area contributed by atoms with Crippen LogP contribution in [0.3, 0.4) is 0 Å². The number of nitrogens with two attached hydrogens (primary N) is 1. The maximum absolute atomic E-state index is 12.0. The highest BCUT2D eigenvalue weighted by Gasteiger charge is 2.23. The Balaban J connectivity index is 1.78. The number of nitrogen functional groups attached to an aromatic ring is 1. The van der Waals surface area contributed by atoms with Gasteiger partial charge < -0.3 is 15.2 Å². The van der Waals surface area contributed by atoms with Gasteiger partial charge >= 0.3 is 0 Å². The van der Waals surface area contributed by atoms with E-state index in [1.807, 2.05) is 6.92 Å². The van der Waals surface area contributed by atoms with Gasteiger partial charge in [-0.15, -0.1) is 0 Å². The van der Waals surface area contributed by atoms with Crippen molar-refractivity contribution in [1.29, 1.82) is 0 Å². The summed E-state index contributed by atoms with van der Waals surface area (Å²) in [5, 5.41) is 0. The van der Waals surface area contributed by atoms with Crippen molar-refractivity contribution in [2.45, 2.75) is 31.9 Å². The number of anilines is 1. The molecule has 1 aliphatic rings. The fourth-order valence-corrected chi connectivity index (χ4v) is 3.43. The summed E-state index contributed by atoms with van der Waals surface area (Å²) in [4.78, 5) is 0. The van der Waals surface area contributed by atoms with Crippen molar-refractivity contribution in [3.8, 4) is 5.75 Å². The van der Waals surface area contributed by atoms with E-state index in [1.54, 1.807) is 24.3 Å². The minimum atomic E-state index is -3.35. The van der Waals surface area contributed by atoms with Gasteiger partial charge in [0.1, 0.15) is 12.4 Å². The monoisotopic (exact) mass is 314 g/mol. The first-order chi connectivity index (χ1) is 9.94. The lowest BCUT2D eigenvalue weighted by Crippen LogP contribution is -2.42. The zero-order valence-corrected chi connectivity index (χ0v) is 12.9. The van der Waals surface area contributed by atoms with Crippen LogP contribution in [-0.2, 0) is 14.8 Å². The molecule has 0 amide bonds. The van der Waals surface area contributed by atoms with Crippen LogP contribution in [0.15, 0.2) is 24.3 Å². The molecule has 1 fully saturated rings. The van der Waals surface area contributed by atoms with Gasteiger partial charge in [0.15, 0.2) is 0 Å². The van der Waals surface area contributed by atoms with Crippen molar-refractivity contribution in [1.82, 2.24) is 4.72 Å². The largest absolute Gasteiger partial charge is 0.492 e. The van der Waals surface area contributed by atoms with Crippen molar-refractivity contribution in [3.63, 3.8) is 0 Å². The number of ether oxygens (including phenoxy) is 2. The molecule has 0 aliphatic carbocycles. The molecule has 2 rings (SSSR count). The first-order valence-corrected chi connectivity index (χ1v) is 8.70. The van der Waals surface area contributed by atoms with Gasteiger partial charge in [-0.1, -0.05) is 6.07 Å². The summed E-state index contributed by atoms with van der Waals surface area (Å²) in [6.07, 6.45) is 1.50. The van der Waals surface area contributed by atoms with Gasteiger partial charge in [-0.05, 0) is 31.9 Å². The van der Waals surface area contributed by atoms with Crippen LogP contribution in [0.5, 0.6) is 5.75 Å². The standard InChI is InChI=1S/C14H22N2O4S/c1-11-9-13(5-6-19-11)16-21(17,18)8-7-20-14-4-2-3-12(15)10-14/h2-4,10-11,13,16H,5-9,15H2,1H3. The van der Waals surface area contributed by atoms with E-state index >= 15 is 0 Å². The SMILES string of the molecule is CC1CC(NS(=O)(=O)CCOc2cccc(N)c2)CCO1. The number of hydrogen-bond acceptors (Lipinski definition) is 5. The quantitative estimate of drug-likeness (QED) is 0.768. The third-order valence-electron chi connectivity index (χ3n) is 3.31. The Morgan fingerprint density at radius 3 is 3.00 bits per heavy atom. The van der Waals surface area contributed by atoms with Crippen molar-refractivity contribution in [3.05, 3.63) is 24.3 Å².